The first-order chi connectivity index (χ1) is 22.8. The maximum absolute atomic E-state index is 14.6. The number of fused-ring (bicyclic) bond motifs is 4. The van der Waals surface area contributed by atoms with Crippen LogP contribution < -0.4 is 14.5 Å². The van der Waals surface area contributed by atoms with Crippen molar-refractivity contribution < 1.29 is 38.2 Å². The molecule has 246 valence electrons. The van der Waals surface area contributed by atoms with Crippen LogP contribution in [0.2, 0.25) is 5.02 Å². The number of phenols is 1. The maximum Gasteiger partial charge on any atom is 0.241 e. The number of ether oxygens (including phenoxy) is 1. The molecule has 0 aromatic heterocycles. The minimum absolute atomic E-state index is 0.0759. The fourth-order valence-corrected chi connectivity index (χ4v) is 9.08. The number of hydrogen-bond donors (Lipinski definition) is 1. The number of rotatable bonds is 5. The van der Waals surface area contributed by atoms with Crippen LogP contribution in [0.15, 0.2) is 66.2 Å². The average Bonchev–Trinajstić information content (AvgIpc) is 3.43. The number of phenolic OH excluding ortho intramolecular Hbond substituents is 1. The van der Waals surface area contributed by atoms with Crippen molar-refractivity contribution in [1.82, 2.24) is 0 Å². The van der Waals surface area contributed by atoms with E-state index in [0.717, 1.165) is 16.5 Å². The van der Waals surface area contributed by atoms with Gasteiger partial charge in [-0.15, -0.1) is 0 Å². The van der Waals surface area contributed by atoms with Crippen molar-refractivity contribution in [2.45, 2.75) is 32.6 Å². The standard InChI is InChI=1S/C36H29ClFIN2O7/c1-16(42)17-4-6-19(7-5-17)40-32(44)22-10-9-21-23(29(22)34(40)46)15-24-33(45)41(20-8-11-26(38)25(37)14-20)35(47)36(24,2)30(21)18-12-27(39)31(43)28(13-18)48-3/h4-9,11-14,22-24,29-30,43H,10,15H2,1-3H3. The van der Waals surface area contributed by atoms with Crippen molar-refractivity contribution in [1.29, 1.82) is 0 Å². The molecule has 3 aromatic carbocycles. The van der Waals surface area contributed by atoms with E-state index in [1.807, 2.05) is 28.7 Å². The quantitative estimate of drug-likeness (QED) is 0.137. The van der Waals surface area contributed by atoms with E-state index in [4.69, 9.17) is 16.3 Å². The lowest BCUT2D eigenvalue weighted by molar-refractivity contribution is -0.131. The maximum atomic E-state index is 14.6. The van der Waals surface area contributed by atoms with Crippen molar-refractivity contribution in [3.05, 3.63) is 91.8 Å². The minimum Gasteiger partial charge on any atom is -0.504 e. The minimum atomic E-state index is -1.36. The molecule has 0 bridgehead atoms. The Kier molecular flexibility index (Phi) is 7.78. The topological polar surface area (TPSA) is 121 Å². The summed E-state index contributed by atoms with van der Waals surface area (Å²) in [6.07, 6.45) is 2.29. The van der Waals surface area contributed by atoms with Crippen molar-refractivity contribution in [2.24, 2.45) is 29.1 Å². The van der Waals surface area contributed by atoms with Gasteiger partial charge in [-0.25, -0.2) is 9.29 Å². The summed E-state index contributed by atoms with van der Waals surface area (Å²) >= 11 is 8.06. The molecule has 3 fully saturated rings. The van der Waals surface area contributed by atoms with Crippen LogP contribution in [0.25, 0.3) is 0 Å². The molecule has 6 atom stereocenters. The lowest BCUT2D eigenvalue weighted by Gasteiger charge is -2.49. The predicted molar refractivity (Wildman–Crippen MR) is 182 cm³/mol. The van der Waals surface area contributed by atoms with Gasteiger partial charge in [-0.2, -0.15) is 0 Å². The highest BCUT2D eigenvalue weighted by molar-refractivity contribution is 14.1. The second-order valence-electron chi connectivity index (χ2n) is 12.9. The summed E-state index contributed by atoms with van der Waals surface area (Å²) in [6, 6.07) is 13.3. The van der Waals surface area contributed by atoms with Crippen molar-refractivity contribution in [2.75, 3.05) is 16.9 Å². The lowest BCUT2D eigenvalue weighted by atomic mass is 9.51. The normalized spacial score (nSPS) is 27.9. The smallest absolute Gasteiger partial charge is 0.241 e. The van der Waals surface area contributed by atoms with Crippen LogP contribution in [-0.4, -0.2) is 41.6 Å². The van der Waals surface area contributed by atoms with Gasteiger partial charge in [-0.1, -0.05) is 23.3 Å². The van der Waals surface area contributed by atoms with E-state index < -0.39 is 58.5 Å². The first-order valence-corrected chi connectivity index (χ1v) is 16.8. The molecule has 4 amide bonds. The average molecular weight is 783 g/mol. The monoisotopic (exact) mass is 782 g/mol. The molecular formula is C36H29ClFIN2O7. The first-order valence-electron chi connectivity index (χ1n) is 15.4. The highest BCUT2D eigenvalue weighted by Gasteiger charge is 2.67. The van der Waals surface area contributed by atoms with Gasteiger partial charge in [0, 0.05) is 11.5 Å². The number of hydrogen-bond acceptors (Lipinski definition) is 7. The van der Waals surface area contributed by atoms with Crippen LogP contribution in [0.5, 0.6) is 11.5 Å². The number of Topliss-reactive ketones (excluding diaryl/α,β-unsaturated/α-hetero) is 1. The Morgan fingerprint density at radius 2 is 1.67 bits per heavy atom. The van der Waals surface area contributed by atoms with Crippen LogP contribution >= 0.6 is 34.2 Å². The Morgan fingerprint density at radius 3 is 2.31 bits per heavy atom. The third-order valence-electron chi connectivity index (χ3n) is 10.6. The van der Waals surface area contributed by atoms with Crippen LogP contribution in [0.3, 0.4) is 0 Å². The second kappa shape index (κ2) is 11.5. The molecule has 3 aromatic rings. The van der Waals surface area contributed by atoms with Crippen molar-refractivity contribution >= 4 is 75.0 Å². The van der Waals surface area contributed by atoms with Crippen molar-refractivity contribution in [3.63, 3.8) is 0 Å². The Bertz CT molecular complexity index is 2000. The number of ketones is 1. The summed E-state index contributed by atoms with van der Waals surface area (Å²) in [5, 5.41) is 10.4. The van der Waals surface area contributed by atoms with Gasteiger partial charge in [0.2, 0.25) is 23.6 Å². The van der Waals surface area contributed by atoms with Crippen LogP contribution in [0.1, 0.15) is 48.5 Å². The number of benzene rings is 3. The number of aromatic hydroxyl groups is 1. The SMILES string of the molecule is COc1cc(C2C3=CCC4C(=O)N(c5ccc(C(C)=O)cc5)C(=O)C4C3CC3C(=O)N(c4ccc(F)c(Cl)c4)C(=O)C32C)cc(I)c1O. The number of anilines is 2. The predicted octanol–water partition coefficient (Wildman–Crippen LogP) is 6.44. The number of imide groups is 2. The molecule has 0 radical (unpaired) electrons. The first kappa shape index (κ1) is 32.4. The lowest BCUT2D eigenvalue weighted by Crippen LogP contribution is -2.48. The molecule has 12 heteroatoms. The highest BCUT2D eigenvalue weighted by atomic mass is 127. The zero-order chi connectivity index (χ0) is 34.4. The molecule has 2 heterocycles. The molecule has 48 heavy (non-hydrogen) atoms. The van der Waals surface area contributed by atoms with Gasteiger partial charge < -0.3 is 9.84 Å². The summed E-state index contributed by atoms with van der Waals surface area (Å²) in [5.74, 6) is -6.23. The Labute approximate surface area is 293 Å². The summed E-state index contributed by atoms with van der Waals surface area (Å²) in [7, 11) is 1.41. The van der Waals surface area contributed by atoms with E-state index in [1.54, 1.807) is 43.3 Å². The highest BCUT2D eigenvalue weighted by Crippen LogP contribution is 2.64. The Morgan fingerprint density at radius 1 is 0.979 bits per heavy atom. The van der Waals surface area contributed by atoms with E-state index in [9.17, 15) is 33.5 Å². The molecule has 4 aliphatic rings. The van der Waals surface area contributed by atoms with E-state index in [0.29, 0.717) is 20.4 Å². The summed E-state index contributed by atoms with van der Waals surface area (Å²) in [4.78, 5) is 71.2. The molecule has 7 rings (SSSR count). The van der Waals surface area contributed by atoms with Gasteiger partial charge in [0.05, 0.1) is 50.2 Å². The number of amides is 4. The molecule has 2 saturated heterocycles. The summed E-state index contributed by atoms with van der Waals surface area (Å²) < 4.78 is 20.1. The van der Waals surface area contributed by atoms with Crippen LogP contribution in [-0.2, 0) is 19.2 Å². The van der Waals surface area contributed by atoms with Gasteiger partial charge >= 0.3 is 0 Å². The number of allylic oxidation sites excluding steroid dienone is 2. The van der Waals surface area contributed by atoms with E-state index in [2.05, 4.69) is 0 Å². The molecule has 9 nitrogen and oxygen atoms in total. The molecular weight excluding hydrogens is 754 g/mol. The van der Waals surface area contributed by atoms with Crippen molar-refractivity contribution in [3.8, 4) is 11.5 Å². The fourth-order valence-electron chi connectivity index (χ4n) is 8.28. The molecule has 6 unspecified atom stereocenters. The second-order valence-corrected chi connectivity index (χ2v) is 14.5. The van der Waals surface area contributed by atoms with Gasteiger partial charge in [0.15, 0.2) is 17.3 Å². The fraction of sp³-hybridized carbons (Fsp3) is 0.306. The molecule has 1 N–H and O–H groups in total. The summed E-state index contributed by atoms with van der Waals surface area (Å²) in [5.41, 5.74) is 0.937. The molecule has 2 aliphatic carbocycles. The zero-order valence-electron chi connectivity index (χ0n) is 26.0. The van der Waals surface area contributed by atoms with Gasteiger partial charge in [0.25, 0.3) is 0 Å². The number of carbonyl (C=O) groups excluding carboxylic acids is 5. The van der Waals surface area contributed by atoms with Gasteiger partial charge in [-0.05, 0) is 115 Å². The molecule has 2 aliphatic heterocycles. The molecule has 0 spiro atoms. The van der Waals surface area contributed by atoms with Crippen LogP contribution in [0, 0.1) is 38.5 Å². The molecule has 1 saturated carbocycles. The third-order valence-corrected chi connectivity index (χ3v) is 11.7. The van der Waals surface area contributed by atoms with E-state index in [-0.39, 0.29) is 46.7 Å². The number of nitrogens with zero attached hydrogens (tertiary/aromatic N) is 2. The Balaban J connectivity index is 1.37. The number of methoxy groups -OCH3 is 1. The summed E-state index contributed by atoms with van der Waals surface area (Å²) in [6.45, 7) is 3.16. The van der Waals surface area contributed by atoms with Gasteiger partial charge in [-0.3, -0.25) is 28.9 Å². The number of halogens is 3. The largest absolute Gasteiger partial charge is 0.504 e. The third kappa shape index (κ3) is 4.57. The van der Waals surface area contributed by atoms with E-state index >= 15 is 0 Å². The zero-order valence-corrected chi connectivity index (χ0v) is 28.9. The van der Waals surface area contributed by atoms with Gasteiger partial charge in [0.1, 0.15) is 5.82 Å². The number of carbonyl (C=O) groups is 5. The Hall–Kier alpha value is -4.10. The van der Waals surface area contributed by atoms with E-state index in [1.165, 1.54) is 31.1 Å². The van der Waals surface area contributed by atoms with Crippen LogP contribution in [0.4, 0.5) is 15.8 Å².